The Morgan fingerprint density at radius 1 is 1.50 bits per heavy atom. The van der Waals surface area contributed by atoms with E-state index in [0.29, 0.717) is 0 Å². The number of hydrogen-bond acceptors (Lipinski definition) is 9. The van der Waals surface area contributed by atoms with Gasteiger partial charge in [0, 0.05) is 12.4 Å². The van der Waals surface area contributed by atoms with E-state index in [2.05, 4.69) is 35.4 Å². The Labute approximate surface area is 152 Å². The maximum atomic E-state index is 12.5. The molecule has 2 aliphatic heterocycles. The van der Waals surface area contributed by atoms with Crippen LogP contribution in [0.5, 0.6) is 0 Å². The molecule has 12 nitrogen and oxygen atoms in total. The number of halogens is 1. The number of aliphatic hydroxyl groups excluding tert-OH is 1. The molecule has 0 amide bonds. The minimum Gasteiger partial charge on any atom is -0.756 e. The second kappa shape index (κ2) is 5.45. The third-order valence-corrected chi connectivity index (χ3v) is 5.90. The Morgan fingerprint density at radius 3 is 3.12 bits per heavy atom. The highest BCUT2D eigenvalue weighted by Gasteiger charge is 2.50. The molecule has 5 rings (SSSR count). The lowest BCUT2D eigenvalue weighted by molar-refractivity contribution is -0.245. The zero-order valence-electron chi connectivity index (χ0n) is 12.7. The van der Waals surface area contributed by atoms with Gasteiger partial charge in [0.2, 0.25) is 5.78 Å². The van der Waals surface area contributed by atoms with Crippen LogP contribution in [0.3, 0.4) is 0 Å². The largest absolute Gasteiger partial charge is 0.756 e. The van der Waals surface area contributed by atoms with Gasteiger partial charge < -0.3 is 28.8 Å². The molecule has 2 aliphatic rings. The van der Waals surface area contributed by atoms with Gasteiger partial charge in [-0.05, 0) is 15.9 Å². The zero-order chi connectivity index (χ0) is 18.2. The quantitative estimate of drug-likeness (QED) is 0.363. The summed E-state index contributed by atoms with van der Waals surface area (Å²) in [4.78, 5) is 35.2. The van der Waals surface area contributed by atoms with Gasteiger partial charge in [0.1, 0.15) is 24.0 Å². The van der Waals surface area contributed by atoms with Crippen LogP contribution in [0.2, 0.25) is 0 Å². The number of nitrogens with one attached hydrogen (secondary N) is 1. The number of H-pyrrole nitrogens is 1. The third kappa shape index (κ3) is 2.26. The lowest BCUT2D eigenvalue weighted by Gasteiger charge is -2.34. The van der Waals surface area contributed by atoms with Gasteiger partial charge in [0.15, 0.2) is 16.5 Å². The van der Waals surface area contributed by atoms with Crippen molar-refractivity contribution >= 4 is 40.7 Å². The van der Waals surface area contributed by atoms with Gasteiger partial charge in [-0.25, -0.2) is 14.4 Å². The van der Waals surface area contributed by atoms with Crippen LogP contribution in [0, 0.1) is 0 Å². The van der Waals surface area contributed by atoms with Crippen molar-refractivity contribution in [2.45, 2.75) is 24.5 Å². The molecule has 14 heteroatoms. The Balaban J connectivity index is 1.65. The fourth-order valence-electron chi connectivity index (χ4n) is 3.23. The van der Waals surface area contributed by atoms with Gasteiger partial charge in [-0.1, -0.05) is 0 Å². The number of ether oxygens (including phenoxy) is 1. The molecule has 0 aliphatic carbocycles. The highest BCUT2D eigenvalue weighted by atomic mass is 79.9. The molecular formula is C12H10BrN5O7P-. The summed E-state index contributed by atoms with van der Waals surface area (Å²) in [7, 11) is -4.49. The smallest absolute Gasteiger partial charge is 0.287 e. The molecule has 26 heavy (non-hydrogen) atoms. The van der Waals surface area contributed by atoms with Crippen molar-refractivity contribution in [3.05, 3.63) is 27.5 Å². The topological polar surface area (TPSA) is 156 Å². The average Bonchev–Trinajstić information content (AvgIpc) is 3.25. The maximum absolute atomic E-state index is 12.5. The van der Waals surface area contributed by atoms with E-state index in [0.717, 1.165) is 0 Å². The van der Waals surface area contributed by atoms with Gasteiger partial charge in [-0.15, -0.1) is 0 Å². The molecule has 3 unspecified atom stereocenters. The van der Waals surface area contributed by atoms with Crippen molar-refractivity contribution in [2.24, 2.45) is 0 Å². The van der Waals surface area contributed by atoms with Crippen molar-refractivity contribution in [3.63, 3.8) is 0 Å². The number of phosphoric acid groups is 1. The van der Waals surface area contributed by atoms with E-state index >= 15 is 0 Å². The van der Waals surface area contributed by atoms with Crippen LogP contribution < -0.4 is 10.5 Å². The number of aromatic nitrogens is 5. The second-order valence-corrected chi connectivity index (χ2v) is 7.94. The molecule has 2 saturated heterocycles. The first-order chi connectivity index (χ1) is 12.4. The Hall–Kier alpha value is -1.60. The number of nitrogens with zero attached hydrogens (tertiary/aromatic N) is 4. The molecule has 5 atom stereocenters. The summed E-state index contributed by atoms with van der Waals surface area (Å²) >= 11 is 3.25. The van der Waals surface area contributed by atoms with E-state index in [1.165, 1.54) is 21.4 Å². The predicted molar refractivity (Wildman–Crippen MR) is 85.2 cm³/mol. The van der Waals surface area contributed by atoms with E-state index < -0.39 is 37.9 Å². The molecule has 0 bridgehead atoms. The number of aliphatic hydroxyl groups is 1. The van der Waals surface area contributed by atoms with Crippen molar-refractivity contribution < 1.29 is 28.3 Å². The number of aromatic amines is 1. The maximum Gasteiger partial charge on any atom is 0.287 e. The van der Waals surface area contributed by atoms with E-state index in [1.54, 1.807) is 0 Å². The summed E-state index contributed by atoms with van der Waals surface area (Å²) in [6, 6.07) is 0. The summed E-state index contributed by atoms with van der Waals surface area (Å²) < 4.78 is 29.6. The highest BCUT2D eigenvalue weighted by Crippen LogP contribution is 2.50. The van der Waals surface area contributed by atoms with Gasteiger partial charge in [0.05, 0.1) is 6.61 Å². The SMILES string of the molecule is O=c1c2nc(Br)n([C@@H]3OC4COP(=O)([O-])O[C@H]4C3O)c2[nH]c2nccn12. The predicted octanol–water partition coefficient (Wildman–Crippen LogP) is -0.723. The molecule has 0 spiro atoms. The monoisotopic (exact) mass is 446 g/mol. The minimum absolute atomic E-state index is 0.0970. The van der Waals surface area contributed by atoms with Crippen LogP contribution in [-0.4, -0.2) is 53.9 Å². The molecule has 3 aromatic rings. The van der Waals surface area contributed by atoms with Gasteiger partial charge in [0.25, 0.3) is 13.4 Å². The fraction of sp³-hybridized carbons (Fsp3) is 0.417. The lowest BCUT2D eigenvalue weighted by Crippen LogP contribution is -2.41. The van der Waals surface area contributed by atoms with Crippen LogP contribution in [0.4, 0.5) is 0 Å². The molecule has 2 fully saturated rings. The van der Waals surface area contributed by atoms with Crippen LogP contribution >= 0.6 is 23.8 Å². The zero-order valence-corrected chi connectivity index (χ0v) is 15.2. The molecule has 0 saturated carbocycles. The lowest BCUT2D eigenvalue weighted by atomic mass is 10.1. The number of phosphoric ester groups is 1. The van der Waals surface area contributed by atoms with E-state index in [1.807, 2.05) is 0 Å². The number of fused-ring (bicyclic) bond motifs is 3. The summed E-state index contributed by atoms with van der Waals surface area (Å²) in [5.74, 6) is 0.282. The van der Waals surface area contributed by atoms with Crippen LogP contribution in [0.1, 0.15) is 6.23 Å². The average molecular weight is 447 g/mol. The highest BCUT2D eigenvalue weighted by molar-refractivity contribution is 9.10. The first-order valence-electron chi connectivity index (χ1n) is 7.46. The second-order valence-electron chi connectivity index (χ2n) is 5.87. The standard InChI is InChI=1S/C12H11BrN5O7P/c13-11-15-5-8(16-12-14-1-2-17(12)9(5)20)18(11)10-6(19)7-4(24-10)3-23-26(21,22)25-7/h1-2,4,6-7,10,19H,3H2,(H,14,16)(H,21,22)/p-1/t4?,6?,7-,10-/m1/s1. The van der Waals surface area contributed by atoms with Crippen LogP contribution in [-0.2, 0) is 18.3 Å². The van der Waals surface area contributed by atoms with Crippen molar-refractivity contribution in [1.29, 1.82) is 0 Å². The Kier molecular flexibility index (Phi) is 3.47. The minimum atomic E-state index is -4.49. The van der Waals surface area contributed by atoms with Crippen molar-refractivity contribution in [2.75, 3.05) is 6.61 Å². The first kappa shape index (κ1) is 16.6. The van der Waals surface area contributed by atoms with E-state index in [-0.39, 0.29) is 28.3 Å². The first-order valence-corrected chi connectivity index (χ1v) is 9.71. The third-order valence-electron chi connectivity index (χ3n) is 4.37. The number of rotatable bonds is 1. The van der Waals surface area contributed by atoms with Crippen LogP contribution in [0.25, 0.3) is 16.9 Å². The summed E-state index contributed by atoms with van der Waals surface area (Å²) in [6.07, 6.45) is -1.36. The summed E-state index contributed by atoms with van der Waals surface area (Å²) in [6.45, 7) is -0.274. The molecule has 0 aromatic carbocycles. The Morgan fingerprint density at radius 2 is 2.31 bits per heavy atom. The Bertz CT molecular complexity index is 1140. The van der Waals surface area contributed by atoms with Gasteiger partial charge in [-0.3, -0.25) is 13.9 Å². The summed E-state index contributed by atoms with van der Waals surface area (Å²) in [5.41, 5.74) is -0.0477. The van der Waals surface area contributed by atoms with Crippen LogP contribution in [0.15, 0.2) is 21.9 Å². The number of imidazole rings is 2. The normalized spacial score (nSPS) is 34.6. The molecule has 0 radical (unpaired) electrons. The molecule has 5 heterocycles. The fourth-order valence-corrected chi connectivity index (χ4v) is 4.73. The number of hydrogen-bond donors (Lipinski definition) is 2. The van der Waals surface area contributed by atoms with Gasteiger partial charge in [-0.2, -0.15) is 0 Å². The van der Waals surface area contributed by atoms with Crippen molar-refractivity contribution in [1.82, 2.24) is 23.9 Å². The van der Waals surface area contributed by atoms with Gasteiger partial charge >= 0.3 is 0 Å². The molecule has 138 valence electrons. The van der Waals surface area contributed by atoms with E-state index in [4.69, 9.17) is 9.26 Å². The van der Waals surface area contributed by atoms with E-state index in [9.17, 15) is 19.4 Å². The van der Waals surface area contributed by atoms with Crippen molar-refractivity contribution in [3.8, 4) is 0 Å². The summed E-state index contributed by atoms with van der Waals surface area (Å²) in [5, 5.41) is 10.6. The molecule has 3 aromatic heterocycles. The molecular weight excluding hydrogens is 437 g/mol. The molecule has 2 N–H and O–H groups in total.